The molecule has 0 saturated heterocycles. The van der Waals surface area contributed by atoms with Crippen molar-refractivity contribution in [3.8, 4) is 0 Å². The minimum absolute atomic E-state index is 0.00996. The van der Waals surface area contributed by atoms with Crippen LogP contribution in [0.5, 0.6) is 0 Å². The fraction of sp³-hybridized carbons (Fsp3) is 0.188. The molecule has 1 amide bonds. The summed E-state index contributed by atoms with van der Waals surface area (Å²) in [5.74, 6) is 0.771. The van der Waals surface area contributed by atoms with E-state index in [0.29, 0.717) is 12.1 Å². The lowest BCUT2D eigenvalue weighted by Crippen LogP contribution is -2.12. The summed E-state index contributed by atoms with van der Waals surface area (Å²) in [6, 6.07) is 15.5. The summed E-state index contributed by atoms with van der Waals surface area (Å²) in [4.78, 5) is 13.0. The van der Waals surface area contributed by atoms with Crippen molar-refractivity contribution in [2.45, 2.75) is 18.2 Å². The van der Waals surface area contributed by atoms with Crippen molar-refractivity contribution in [1.82, 2.24) is 0 Å². The van der Waals surface area contributed by atoms with E-state index in [1.807, 2.05) is 18.2 Å². The van der Waals surface area contributed by atoms with Gasteiger partial charge in [0.1, 0.15) is 0 Å². The Kier molecular flexibility index (Phi) is 5.07. The Morgan fingerprint density at radius 2 is 2.00 bits per heavy atom. The van der Waals surface area contributed by atoms with E-state index < -0.39 is 0 Å². The van der Waals surface area contributed by atoms with Gasteiger partial charge in [-0.2, -0.15) is 0 Å². The Morgan fingerprint density at radius 1 is 1.20 bits per heavy atom. The van der Waals surface area contributed by atoms with Crippen molar-refractivity contribution in [2.75, 3.05) is 16.8 Å². The third-order valence-corrected chi connectivity index (χ3v) is 3.75. The molecular formula is C16H18N2OS. The number of nitrogen functional groups attached to an aromatic ring is 1. The van der Waals surface area contributed by atoms with Crippen LogP contribution in [0.2, 0.25) is 0 Å². The van der Waals surface area contributed by atoms with Crippen LogP contribution in [0, 0.1) is 6.92 Å². The number of anilines is 2. The molecule has 0 radical (unpaired) electrons. The zero-order valence-electron chi connectivity index (χ0n) is 11.4. The highest BCUT2D eigenvalue weighted by Gasteiger charge is 2.03. The molecule has 3 N–H and O–H groups in total. The summed E-state index contributed by atoms with van der Waals surface area (Å²) < 4.78 is 0. The summed E-state index contributed by atoms with van der Waals surface area (Å²) in [5.41, 5.74) is 8.30. The van der Waals surface area contributed by atoms with Crippen molar-refractivity contribution >= 4 is 29.0 Å². The summed E-state index contributed by atoms with van der Waals surface area (Å²) in [7, 11) is 0. The molecule has 0 spiro atoms. The largest absolute Gasteiger partial charge is 0.399 e. The van der Waals surface area contributed by atoms with Gasteiger partial charge in [-0.15, -0.1) is 11.8 Å². The van der Waals surface area contributed by atoms with Crippen LogP contribution >= 0.6 is 11.8 Å². The maximum absolute atomic E-state index is 11.8. The fourth-order valence-electron chi connectivity index (χ4n) is 1.81. The number of benzene rings is 2. The van der Waals surface area contributed by atoms with Crippen LogP contribution in [-0.2, 0) is 4.79 Å². The first-order valence-corrected chi connectivity index (χ1v) is 7.47. The zero-order chi connectivity index (χ0) is 14.4. The second-order valence-corrected chi connectivity index (χ2v) is 5.76. The predicted octanol–water partition coefficient (Wildman–Crippen LogP) is 3.70. The van der Waals surface area contributed by atoms with Crippen LogP contribution in [-0.4, -0.2) is 11.7 Å². The summed E-state index contributed by atoms with van der Waals surface area (Å²) in [6.45, 7) is 2.07. The van der Waals surface area contributed by atoms with Crippen LogP contribution in [0.4, 0.5) is 11.4 Å². The van der Waals surface area contributed by atoms with E-state index in [1.54, 1.807) is 23.9 Å². The normalized spacial score (nSPS) is 10.2. The Labute approximate surface area is 123 Å². The summed E-state index contributed by atoms with van der Waals surface area (Å²) in [5, 5.41) is 2.85. The van der Waals surface area contributed by atoms with Crippen molar-refractivity contribution in [2.24, 2.45) is 0 Å². The molecule has 104 valence electrons. The van der Waals surface area contributed by atoms with Crippen molar-refractivity contribution in [3.63, 3.8) is 0 Å². The van der Waals surface area contributed by atoms with Crippen molar-refractivity contribution < 1.29 is 4.79 Å². The number of nitrogens with two attached hydrogens (primary N) is 1. The number of rotatable bonds is 5. The van der Waals surface area contributed by atoms with Gasteiger partial charge >= 0.3 is 0 Å². The number of hydrogen-bond acceptors (Lipinski definition) is 3. The summed E-state index contributed by atoms with van der Waals surface area (Å²) >= 11 is 1.69. The Bertz CT molecular complexity index is 599. The van der Waals surface area contributed by atoms with Crippen LogP contribution in [0.15, 0.2) is 53.4 Å². The van der Waals surface area contributed by atoms with Gasteiger partial charge in [-0.1, -0.05) is 23.8 Å². The van der Waals surface area contributed by atoms with Gasteiger partial charge in [0, 0.05) is 28.4 Å². The maximum Gasteiger partial charge on any atom is 0.225 e. The molecule has 20 heavy (non-hydrogen) atoms. The number of hydrogen-bond donors (Lipinski definition) is 2. The maximum atomic E-state index is 11.8. The molecule has 0 aliphatic carbocycles. The van der Waals surface area contributed by atoms with Crippen molar-refractivity contribution in [1.29, 1.82) is 0 Å². The Morgan fingerprint density at radius 3 is 2.75 bits per heavy atom. The first-order valence-electron chi connectivity index (χ1n) is 6.48. The molecule has 0 aliphatic rings. The van der Waals surface area contributed by atoms with Crippen LogP contribution in [0.3, 0.4) is 0 Å². The SMILES string of the molecule is Cc1cccc(SCCC(=O)Nc2cccc(N)c2)c1. The molecule has 2 aromatic rings. The topological polar surface area (TPSA) is 55.1 Å². The van der Waals surface area contributed by atoms with Gasteiger partial charge in [0.25, 0.3) is 0 Å². The number of carbonyl (C=O) groups excluding carboxylic acids is 1. The third kappa shape index (κ3) is 4.63. The molecule has 0 fully saturated rings. The van der Waals surface area contributed by atoms with E-state index in [2.05, 4.69) is 30.4 Å². The van der Waals surface area contributed by atoms with Gasteiger partial charge in [-0.3, -0.25) is 4.79 Å². The minimum atomic E-state index is 0.00996. The van der Waals surface area contributed by atoms with Gasteiger partial charge in [-0.25, -0.2) is 0 Å². The molecule has 0 aromatic heterocycles. The van der Waals surface area contributed by atoms with Crippen LogP contribution < -0.4 is 11.1 Å². The molecule has 0 atom stereocenters. The lowest BCUT2D eigenvalue weighted by Gasteiger charge is -2.06. The molecule has 0 saturated carbocycles. The molecule has 3 nitrogen and oxygen atoms in total. The first-order chi connectivity index (χ1) is 9.63. The van der Waals surface area contributed by atoms with E-state index in [9.17, 15) is 4.79 Å². The van der Waals surface area contributed by atoms with Gasteiger partial charge in [-0.05, 0) is 37.3 Å². The third-order valence-electron chi connectivity index (χ3n) is 2.76. The lowest BCUT2D eigenvalue weighted by atomic mass is 10.2. The highest BCUT2D eigenvalue weighted by atomic mass is 32.2. The molecule has 2 aromatic carbocycles. The monoisotopic (exact) mass is 286 g/mol. The minimum Gasteiger partial charge on any atom is -0.399 e. The fourth-order valence-corrected chi connectivity index (χ4v) is 2.77. The molecule has 0 bridgehead atoms. The highest BCUT2D eigenvalue weighted by Crippen LogP contribution is 2.20. The molecule has 0 aliphatic heterocycles. The standard InChI is InChI=1S/C16H18N2OS/c1-12-4-2-7-15(10-12)20-9-8-16(19)18-14-6-3-5-13(17)11-14/h2-7,10-11H,8-9,17H2,1H3,(H,18,19). The molecule has 2 rings (SSSR count). The average molecular weight is 286 g/mol. The second kappa shape index (κ2) is 7.01. The summed E-state index contributed by atoms with van der Waals surface area (Å²) in [6.07, 6.45) is 0.480. The smallest absolute Gasteiger partial charge is 0.225 e. The number of amides is 1. The van der Waals surface area contributed by atoms with E-state index in [1.165, 1.54) is 10.5 Å². The highest BCUT2D eigenvalue weighted by molar-refractivity contribution is 7.99. The van der Waals surface area contributed by atoms with Crippen molar-refractivity contribution in [3.05, 3.63) is 54.1 Å². The van der Waals surface area contributed by atoms with Crippen LogP contribution in [0.25, 0.3) is 0 Å². The number of nitrogens with one attached hydrogen (secondary N) is 1. The number of carbonyl (C=O) groups is 1. The Balaban J connectivity index is 1.78. The molecule has 4 heteroatoms. The van der Waals surface area contributed by atoms with E-state index in [-0.39, 0.29) is 5.91 Å². The lowest BCUT2D eigenvalue weighted by molar-refractivity contribution is -0.115. The van der Waals surface area contributed by atoms with Crippen LogP contribution in [0.1, 0.15) is 12.0 Å². The average Bonchev–Trinajstić information content (AvgIpc) is 2.38. The molecule has 0 heterocycles. The molecular weight excluding hydrogens is 268 g/mol. The number of aryl methyl sites for hydroxylation is 1. The van der Waals surface area contributed by atoms with E-state index >= 15 is 0 Å². The quantitative estimate of drug-likeness (QED) is 0.651. The first kappa shape index (κ1) is 14.5. The van der Waals surface area contributed by atoms with Gasteiger partial charge in [0.05, 0.1) is 0 Å². The predicted molar refractivity (Wildman–Crippen MR) is 86.0 cm³/mol. The zero-order valence-corrected chi connectivity index (χ0v) is 12.2. The van der Waals surface area contributed by atoms with E-state index in [4.69, 9.17) is 5.73 Å². The second-order valence-electron chi connectivity index (χ2n) is 4.59. The van der Waals surface area contributed by atoms with Gasteiger partial charge < -0.3 is 11.1 Å². The van der Waals surface area contributed by atoms with Gasteiger partial charge in [0.15, 0.2) is 0 Å². The molecule has 0 unspecified atom stereocenters. The Hall–Kier alpha value is -1.94. The van der Waals surface area contributed by atoms with E-state index in [0.717, 1.165) is 11.4 Å². The van der Waals surface area contributed by atoms with Gasteiger partial charge in [0.2, 0.25) is 5.91 Å². The number of thioether (sulfide) groups is 1.